The number of nitrogens with zero attached hydrogens (tertiary/aromatic N) is 3. The standard InChI is InChI=1S/C21H21ClFN3O3/c1-2-4-17-11-27-21(29-17,12-26-14-24-13-25-26)15-7-9-16(10-8-15)28-20-18(22)5-3-6-19(20)23/h3,5-10,13-14,17H,2,4,11-12H2,1H3. The number of aromatic nitrogens is 3. The van der Waals surface area contributed by atoms with E-state index in [-0.39, 0.29) is 16.9 Å². The lowest BCUT2D eigenvalue weighted by Crippen LogP contribution is -2.33. The predicted molar refractivity (Wildman–Crippen MR) is 105 cm³/mol. The molecule has 2 aromatic carbocycles. The smallest absolute Gasteiger partial charge is 0.215 e. The fraction of sp³-hybridized carbons (Fsp3) is 0.333. The lowest BCUT2D eigenvalue weighted by atomic mass is 10.1. The molecule has 8 heteroatoms. The molecular formula is C21H21ClFN3O3. The molecule has 2 unspecified atom stereocenters. The average molecular weight is 418 g/mol. The van der Waals surface area contributed by atoms with Gasteiger partial charge < -0.3 is 14.2 Å². The maximum Gasteiger partial charge on any atom is 0.215 e. The maximum atomic E-state index is 14.0. The molecule has 1 aliphatic heterocycles. The molecule has 1 aromatic heterocycles. The molecule has 0 N–H and O–H groups in total. The Kier molecular flexibility index (Phi) is 5.80. The Labute approximate surface area is 173 Å². The first-order valence-corrected chi connectivity index (χ1v) is 9.84. The lowest BCUT2D eigenvalue weighted by Gasteiger charge is -2.28. The summed E-state index contributed by atoms with van der Waals surface area (Å²) < 4.78 is 33.7. The van der Waals surface area contributed by atoms with Crippen LogP contribution in [0.2, 0.25) is 5.02 Å². The van der Waals surface area contributed by atoms with Gasteiger partial charge in [0, 0.05) is 5.56 Å². The molecule has 152 valence electrons. The molecule has 4 rings (SSSR count). The van der Waals surface area contributed by atoms with Gasteiger partial charge in [-0.3, -0.25) is 0 Å². The van der Waals surface area contributed by atoms with Crippen molar-refractivity contribution < 1.29 is 18.6 Å². The third kappa shape index (κ3) is 4.27. The Bertz CT molecular complexity index is 932. The Hall–Kier alpha value is -2.48. The van der Waals surface area contributed by atoms with Crippen LogP contribution in [-0.2, 0) is 21.8 Å². The van der Waals surface area contributed by atoms with Crippen molar-refractivity contribution in [2.45, 2.75) is 38.2 Å². The zero-order chi connectivity index (χ0) is 20.3. The van der Waals surface area contributed by atoms with Crippen molar-refractivity contribution >= 4 is 11.6 Å². The van der Waals surface area contributed by atoms with E-state index in [9.17, 15) is 4.39 Å². The van der Waals surface area contributed by atoms with E-state index >= 15 is 0 Å². The minimum absolute atomic E-state index is 0.00405. The van der Waals surface area contributed by atoms with Crippen LogP contribution in [-0.4, -0.2) is 27.5 Å². The molecule has 6 nitrogen and oxygen atoms in total. The largest absolute Gasteiger partial charge is 0.453 e. The van der Waals surface area contributed by atoms with Crippen molar-refractivity contribution in [2.75, 3.05) is 6.61 Å². The second kappa shape index (κ2) is 8.49. The van der Waals surface area contributed by atoms with Gasteiger partial charge >= 0.3 is 0 Å². The van der Waals surface area contributed by atoms with Crippen molar-refractivity contribution in [1.29, 1.82) is 0 Å². The SMILES string of the molecule is CCCC1COC(Cn2cncn2)(c2ccc(Oc3c(F)cccc3Cl)cc2)O1. The van der Waals surface area contributed by atoms with Gasteiger partial charge in [0.15, 0.2) is 11.6 Å². The van der Waals surface area contributed by atoms with E-state index in [1.54, 1.807) is 29.2 Å². The molecule has 3 aromatic rings. The molecule has 29 heavy (non-hydrogen) atoms. The Balaban J connectivity index is 1.59. The van der Waals surface area contributed by atoms with Crippen molar-refractivity contribution in [1.82, 2.24) is 14.8 Å². The lowest BCUT2D eigenvalue weighted by molar-refractivity contribution is -0.189. The van der Waals surface area contributed by atoms with Crippen LogP contribution >= 0.6 is 11.6 Å². The van der Waals surface area contributed by atoms with Crippen molar-refractivity contribution in [3.63, 3.8) is 0 Å². The van der Waals surface area contributed by atoms with Gasteiger partial charge in [0.2, 0.25) is 5.79 Å². The van der Waals surface area contributed by atoms with Crippen LogP contribution in [0.25, 0.3) is 0 Å². The Morgan fingerprint density at radius 2 is 2.10 bits per heavy atom. The average Bonchev–Trinajstić information content (AvgIpc) is 3.37. The molecule has 0 radical (unpaired) electrons. The molecule has 2 atom stereocenters. The molecule has 1 fully saturated rings. The predicted octanol–water partition coefficient (Wildman–Crippen LogP) is 4.93. The third-order valence-corrected chi connectivity index (χ3v) is 5.04. The molecular weight excluding hydrogens is 397 g/mol. The van der Waals surface area contributed by atoms with Crippen LogP contribution in [0.3, 0.4) is 0 Å². The number of hydrogen-bond donors (Lipinski definition) is 0. The first kappa shape index (κ1) is 19.8. The Morgan fingerprint density at radius 3 is 2.79 bits per heavy atom. The molecule has 0 spiro atoms. The summed E-state index contributed by atoms with van der Waals surface area (Å²) in [5, 5.41) is 4.39. The van der Waals surface area contributed by atoms with Gasteiger partial charge in [0.1, 0.15) is 24.9 Å². The summed E-state index contributed by atoms with van der Waals surface area (Å²) >= 11 is 6.04. The number of halogens is 2. The fourth-order valence-electron chi connectivity index (χ4n) is 3.36. The number of benzene rings is 2. The Morgan fingerprint density at radius 1 is 1.28 bits per heavy atom. The van der Waals surface area contributed by atoms with Crippen molar-refractivity contribution in [3.8, 4) is 11.5 Å². The monoisotopic (exact) mass is 417 g/mol. The van der Waals surface area contributed by atoms with Crippen molar-refractivity contribution in [3.05, 3.63) is 71.5 Å². The highest BCUT2D eigenvalue weighted by Gasteiger charge is 2.43. The van der Waals surface area contributed by atoms with E-state index in [0.717, 1.165) is 18.4 Å². The van der Waals surface area contributed by atoms with Gasteiger partial charge in [-0.25, -0.2) is 14.1 Å². The molecule has 0 aliphatic carbocycles. The van der Waals surface area contributed by atoms with Gasteiger partial charge in [-0.2, -0.15) is 5.10 Å². The zero-order valence-electron chi connectivity index (χ0n) is 15.9. The molecule has 0 amide bonds. The first-order chi connectivity index (χ1) is 14.1. The van der Waals surface area contributed by atoms with Crippen LogP contribution in [0.4, 0.5) is 4.39 Å². The normalized spacial score (nSPS) is 21.4. The van der Waals surface area contributed by atoms with Crippen LogP contribution in [0, 0.1) is 5.82 Å². The van der Waals surface area contributed by atoms with E-state index in [1.807, 2.05) is 12.1 Å². The highest BCUT2D eigenvalue weighted by atomic mass is 35.5. The maximum absolute atomic E-state index is 14.0. The van der Waals surface area contributed by atoms with E-state index < -0.39 is 11.6 Å². The van der Waals surface area contributed by atoms with Gasteiger partial charge in [-0.05, 0) is 42.8 Å². The van der Waals surface area contributed by atoms with Gasteiger partial charge in [0.25, 0.3) is 0 Å². The summed E-state index contributed by atoms with van der Waals surface area (Å²) in [6, 6.07) is 11.6. The second-order valence-electron chi connectivity index (χ2n) is 6.86. The second-order valence-corrected chi connectivity index (χ2v) is 7.27. The molecule has 0 saturated carbocycles. The van der Waals surface area contributed by atoms with Crippen LogP contribution < -0.4 is 4.74 Å². The van der Waals surface area contributed by atoms with Gasteiger partial charge in [-0.15, -0.1) is 0 Å². The first-order valence-electron chi connectivity index (χ1n) is 9.46. The van der Waals surface area contributed by atoms with Gasteiger partial charge in [-0.1, -0.05) is 31.0 Å². The summed E-state index contributed by atoms with van der Waals surface area (Å²) in [5.41, 5.74) is 0.818. The van der Waals surface area contributed by atoms with Gasteiger partial charge in [0.05, 0.1) is 17.7 Å². The minimum atomic E-state index is -0.971. The highest BCUT2D eigenvalue weighted by molar-refractivity contribution is 6.32. The van der Waals surface area contributed by atoms with Crippen molar-refractivity contribution in [2.24, 2.45) is 0 Å². The minimum Gasteiger partial charge on any atom is -0.453 e. The van der Waals surface area contributed by atoms with E-state index in [1.165, 1.54) is 18.5 Å². The fourth-order valence-corrected chi connectivity index (χ4v) is 3.56. The summed E-state index contributed by atoms with van der Waals surface area (Å²) in [5.74, 6) is -1.04. The zero-order valence-corrected chi connectivity index (χ0v) is 16.7. The number of para-hydroxylation sites is 1. The number of rotatable bonds is 7. The molecule has 1 aliphatic rings. The molecule has 1 saturated heterocycles. The summed E-state index contributed by atoms with van der Waals surface area (Å²) in [4.78, 5) is 3.99. The van der Waals surface area contributed by atoms with Crippen LogP contribution in [0.5, 0.6) is 11.5 Å². The summed E-state index contributed by atoms with van der Waals surface area (Å²) in [7, 11) is 0. The van der Waals surface area contributed by atoms with E-state index in [0.29, 0.717) is 18.9 Å². The molecule has 0 bridgehead atoms. The summed E-state index contributed by atoms with van der Waals surface area (Å²) in [6.45, 7) is 2.99. The van der Waals surface area contributed by atoms with E-state index in [4.69, 9.17) is 25.8 Å². The van der Waals surface area contributed by atoms with E-state index in [2.05, 4.69) is 17.0 Å². The number of hydrogen-bond acceptors (Lipinski definition) is 5. The highest BCUT2D eigenvalue weighted by Crippen LogP contribution is 2.39. The molecule has 2 heterocycles. The topological polar surface area (TPSA) is 58.4 Å². The van der Waals surface area contributed by atoms with Crippen LogP contribution in [0.15, 0.2) is 55.1 Å². The number of ether oxygens (including phenoxy) is 3. The quantitative estimate of drug-likeness (QED) is 0.545. The third-order valence-electron chi connectivity index (χ3n) is 4.74. The summed E-state index contributed by atoms with van der Waals surface area (Å²) in [6.07, 6.45) is 5.02. The van der Waals surface area contributed by atoms with Crippen LogP contribution in [0.1, 0.15) is 25.3 Å².